The summed E-state index contributed by atoms with van der Waals surface area (Å²) >= 11 is 0. The van der Waals surface area contributed by atoms with Crippen LogP contribution in [0.15, 0.2) is 0 Å². The fraction of sp³-hybridized carbons (Fsp3) is 0.750. The summed E-state index contributed by atoms with van der Waals surface area (Å²) in [5.41, 5.74) is 0. The standard InChI is InChI=1S/C4H9NO2.C4H9NO.C4H8O3.C4H8O2.C4H8O/c1-3-7-4(6)5-2;1-3-4(6)5-2;1-3-7-4(5)6-2;1-3-4(5)6-2;1-3-4(2)5/h3H2,1-2H3,(H,5,6);3H2,1-2H3,(H,5,6);3H2,1-2H3;3H2,1-2H3;3H2,1-2H3. The summed E-state index contributed by atoms with van der Waals surface area (Å²) in [5, 5.41) is 4.78. The lowest BCUT2D eigenvalue weighted by atomic mass is 10.4. The lowest BCUT2D eigenvalue weighted by Crippen LogP contribution is -2.18. The summed E-state index contributed by atoms with van der Waals surface area (Å²) in [7, 11) is 5.81. The molecule has 186 valence electrons. The molecule has 0 rings (SSSR count). The van der Waals surface area contributed by atoms with Crippen molar-refractivity contribution in [2.24, 2.45) is 0 Å². The first-order valence-electron chi connectivity index (χ1n) is 9.83. The van der Waals surface area contributed by atoms with Crippen molar-refractivity contribution in [1.29, 1.82) is 0 Å². The van der Waals surface area contributed by atoms with E-state index in [4.69, 9.17) is 0 Å². The predicted molar refractivity (Wildman–Crippen MR) is 118 cm³/mol. The number of alkyl carbamates (subject to hydrolysis) is 1. The first kappa shape index (κ1) is 38.7. The maximum atomic E-state index is 10.1. The third kappa shape index (κ3) is 58.4. The van der Waals surface area contributed by atoms with Crippen molar-refractivity contribution >= 4 is 29.9 Å². The van der Waals surface area contributed by atoms with Crippen LogP contribution >= 0.6 is 0 Å². The first-order chi connectivity index (χ1) is 14.5. The zero-order chi connectivity index (χ0) is 25.7. The van der Waals surface area contributed by atoms with E-state index in [2.05, 4.69) is 29.6 Å². The topological polar surface area (TPSA) is 146 Å². The van der Waals surface area contributed by atoms with Crippen LogP contribution in [-0.2, 0) is 33.3 Å². The molecule has 0 aliphatic rings. The van der Waals surface area contributed by atoms with Gasteiger partial charge in [-0.2, -0.15) is 0 Å². The molecule has 2 amide bonds. The Morgan fingerprint density at radius 2 is 1.13 bits per heavy atom. The number of esters is 1. The minimum atomic E-state index is -0.623. The Labute approximate surface area is 186 Å². The number of ketones is 1. The molecule has 0 aromatic carbocycles. The summed E-state index contributed by atoms with van der Waals surface area (Å²) in [4.78, 5) is 49.9. The smallest absolute Gasteiger partial charge is 0.469 e. The minimum Gasteiger partial charge on any atom is -0.469 e. The van der Waals surface area contributed by atoms with E-state index in [9.17, 15) is 24.0 Å². The maximum absolute atomic E-state index is 10.1. The number of nitrogens with one attached hydrogen (secondary N) is 2. The molecular weight excluding hydrogens is 412 g/mol. The van der Waals surface area contributed by atoms with Crippen LogP contribution in [0.25, 0.3) is 0 Å². The fourth-order valence-electron chi connectivity index (χ4n) is 0.701. The highest BCUT2D eigenvalue weighted by atomic mass is 16.7. The number of carbonyl (C=O) groups excluding carboxylic acids is 5. The van der Waals surface area contributed by atoms with E-state index in [1.165, 1.54) is 21.3 Å². The number of ether oxygens (including phenoxy) is 4. The molecule has 0 aliphatic heterocycles. The van der Waals surface area contributed by atoms with Crippen molar-refractivity contribution in [3.8, 4) is 0 Å². The van der Waals surface area contributed by atoms with Gasteiger partial charge >= 0.3 is 18.2 Å². The van der Waals surface area contributed by atoms with Gasteiger partial charge in [0, 0.05) is 33.4 Å². The lowest BCUT2D eigenvalue weighted by molar-refractivity contribution is -0.140. The van der Waals surface area contributed by atoms with Gasteiger partial charge in [-0.1, -0.05) is 20.8 Å². The molecule has 0 spiro atoms. The van der Waals surface area contributed by atoms with E-state index in [0.29, 0.717) is 32.5 Å². The summed E-state index contributed by atoms with van der Waals surface area (Å²) < 4.78 is 17.2. The molecule has 0 fully saturated rings. The summed E-state index contributed by atoms with van der Waals surface area (Å²) in [5.74, 6) is 0.190. The summed E-state index contributed by atoms with van der Waals surface area (Å²) in [6.07, 6.45) is 0.720. The van der Waals surface area contributed by atoms with Crippen molar-refractivity contribution in [2.45, 2.75) is 60.8 Å². The largest absolute Gasteiger partial charge is 0.507 e. The second kappa shape index (κ2) is 34.6. The Balaban J connectivity index is -0.0000000913. The van der Waals surface area contributed by atoms with Gasteiger partial charge in [0.1, 0.15) is 5.78 Å². The zero-order valence-electron chi connectivity index (χ0n) is 20.7. The summed E-state index contributed by atoms with van der Waals surface area (Å²) in [6.45, 7) is 11.3. The van der Waals surface area contributed by atoms with Gasteiger partial charge in [-0.05, 0) is 20.8 Å². The number of methoxy groups -OCH3 is 2. The molecule has 0 aliphatic carbocycles. The van der Waals surface area contributed by atoms with Gasteiger partial charge in [-0.25, -0.2) is 9.59 Å². The normalized spacial score (nSPS) is 7.68. The number of carbonyl (C=O) groups is 5. The Morgan fingerprint density at radius 3 is 1.19 bits per heavy atom. The third-order valence-corrected chi connectivity index (χ3v) is 2.52. The maximum Gasteiger partial charge on any atom is 0.507 e. The highest BCUT2D eigenvalue weighted by Gasteiger charge is 1.93. The number of Topliss-reactive ketones (excluding diaryl/α,β-unsaturated/α-hetero) is 1. The van der Waals surface area contributed by atoms with E-state index in [0.717, 1.165) is 0 Å². The second-order valence-electron chi connectivity index (χ2n) is 4.87. The fourth-order valence-corrected chi connectivity index (χ4v) is 0.701. The Hall–Kier alpha value is -2.85. The highest BCUT2D eigenvalue weighted by Crippen LogP contribution is 1.78. The lowest BCUT2D eigenvalue weighted by Gasteiger charge is -1.95. The van der Waals surface area contributed by atoms with Gasteiger partial charge in [-0.3, -0.25) is 9.59 Å². The van der Waals surface area contributed by atoms with Crippen LogP contribution in [0.2, 0.25) is 0 Å². The van der Waals surface area contributed by atoms with Gasteiger partial charge in [0.05, 0.1) is 27.4 Å². The molecule has 0 saturated heterocycles. The van der Waals surface area contributed by atoms with Crippen LogP contribution < -0.4 is 10.6 Å². The van der Waals surface area contributed by atoms with E-state index in [1.54, 1.807) is 34.7 Å². The molecule has 11 heteroatoms. The molecule has 31 heavy (non-hydrogen) atoms. The van der Waals surface area contributed by atoms with Crippen LogP contribution in [-0.4, -0.2) is 71.4 Å². The van der Waals surface area contributed by atoms with Crippen molar-refractivity contribution in [1.82, 2.24) is 10.6 Å². The Kier molecular flexibility index (Phi) is 43.3. The molecule has 0 heterocycles. The first-order valence-corrected chi connectivity index (χ1v) is 9.83. The number of hydrogen-bond donors (Lipinski definition) is 2. The molecule has 0 aromatic heterocycles. The van der Waals surface area contributed by atoms with Crippen LogP contribution in [0.1, 0.15) is 60.8 Å². The van der Waals surface area contributed by atoms with Crippen molar-refractivity contribution < 1.29 is 42.9 Å². The van der Waals surface area contributed by atoms with Gasteiger partial charge < -0.3 is 34.4 Å². The third-order valence-electron chi connectivity index (χ3n) is 2.52. The predicted octanol–water partition coefficient (Wildman–Crippen LogP) is 2.85. The highest BCUT2D eigenvalue weighted by molar-refractivity contribution is 5.75. The molecule has 11 nitrogen and oxygen atoms in total. The average Bonchev–Trinajstić information content (AvgIpc) is 2.79. The number of amides is 2. The van der Waals surface area contributed by atoms with Gasteiger partial charge in [-0.15, -0.1) is 0 Å². The molecule has 0 radical (unpaired) electrons. The molecule has 0 unspecified atom stereocenters. The van der Waals surface area contributed by atoms with Crippen LogP contribution in [0.3, 0.4) is 0 Å². The number of hydrogen-bond acceptors (Lipinski definition) is 9. The average molecular weight is 455 g/mol. The monoisotopic (exact) mass is 454 g/mol. The molecule has 0 saturated carbocycles. The van der Waals surface area contributed by atoms with Crippen LogP contribution in [0, 0.1) is 0 Å². The van der Waals surface area contributed by atoms with E-state index < -0.39 is 6.16 Å². The van der Waals surface area contributed by atoms with Crippen molar-refractivity contribution in [3.63, 3.8) is 0 Å². The summed E-state index contributed by atoms with van der Waals surface area (Å²) in [6, 6.07) is 0. The number of rotatable bonds is 5. The zero-order valence-corrected chi connectivity index (χ0v) is 20.7. The van der Waals surface area contributed by atoms with Crippen LogP contribution in [0.4, 0.5) is 9.59 Å². The van der Waals surface area contributed by atoms with E-state index >= 15 is 0 Å². The van der Waals surface area contributed by atoms with Crippen molar-refractivity contribution in [3.05, 3.63) is 0 Å². The minimum absolute atomic E-state index is 0.0926. The molecule has 0 aromatic rings. The van der Waals surface area contributed by atoms with E-state index in [1.807, 2.05) is 13.8 Å². The molecular formula is C20H42N2O9. The van der Waals surface area contributed by atoms with Gasteiger partial charge in [0.15, 0.2) is 0 Å². The van der Waals surface area contributed by atoms with Crippen molar-refractivity contribution in [2.75, 3.05) is 41.5 Å². The SMILES string of the molecule is CCC(=O)NC.CCC(=O)OC.CCC(C)=O.CCOC(=O)NC.CCOC(=O)OC. The molecule has 2 N–H and O–H groups in total. The molecule has 0 bridgehead atoms. The second-order valence-corrected chi connectivity index (χ2v) is 4.87. The quantitative estimate of drug-likeness (QED) is 0.473. The Bertz CT molecular complexity index is 410. The Morgan fingerprint density at radius 1 is 0.677 bits per heavy atom. The van der Waals surface area contributed by atoms with Crippen LogP contribution in [0.5, 0.6) is 0 Å². The van der Waals surface area contributed by atoms with Gasteiger partial charge in [0.25, 0.3) is 0 Å². The molecule has 0 atom stereocenters. The van der Waals surface area contributed by atoms with Gasteiger partial charge in [0.2, 0.25) is 5.91 Å². The van der Waals surface area contributed by atoms with E-state index in [-0.39, 0.29) is 23.8 Å².